The molecule has 0 bridgehead atoms. The van der Waals surface area contributed by atoms with Crippen LogP contribution in [0.4, 0.5) is 0 Å². The largest absolute Gasteiger partial charge is 0.302 e. The second kappa shape index (κ2) is 9.49. The average molecular weight is 432 g/mol. The van der Waals surface area contributed by atoms with E-state index in [-0.39, 0.29) is 11.7 Å². The molecule has 0 amide bonds. The minimum Gasteiger partial charge on any atom is -0.302 e. The number of rotatable bonds is 7. The Morgan fingerprint density at radius 2 is 1.88 bits per heavy atom. The van der Waals surface area contributed by atoms with E-state index in [1.165, 1.54) is 5.56 Å². The second-order valence-corrected chi connectivity index (χ2v) is 8.45. The third-order valence-electron chi connectivity index (χ3n) is 4.74. The Morgan fingerprint density at radius 1 is 1.15 bits per heavy atom. The standard InChI is InChI=1S/C21H22BrNO2S/c22-18-6-7-19(20(14-18)26-15-16-4-2-1-3-5-16)21(25)17-8-10-23(11-9-17)12-13-24/h1-7,13-14,17H,8-12,15H2. The number of hydrogen-bond donors (Lipinski definition) is 0. The molecule has 0 spiro atoms. The Labute approximate surface area is 167 Å². The summed E-state index contributed by atoms with van der Waals surface area (Å²) in [5.74, 6) is 1.13. The summed E-state index contributed by atoms with van der Waals surface area (Å²) in [6.45, 7) is 2.10. The number of ketones is 1. The number of piperidine rings is 1. The van der Waals surface area contributed by atoms with Crippen LogP contribution in [0.15, 0.2) is 57.9 Å². The van der Waals surface area contributed by atoms with Gasteiger partial charge in [-0.25, -0.2) is 0 Å². The lowest BCUT2D eigenvalue weighted by molar-refractivity contribution is -0.109. The zero-order valence-electron chi connectivity index (χ0n) is 14.6. The molecule has 3 nitrogen and oxygen atoms in total. The molecule has 136 valence electrons. The molecule has 1 heterocycles. The lowest BCUT2D eigenvalue weighted by Gasteiger charge is -2.30. The number of benzene rings is 2. The van der Waals surface area contributed by atoms with Crippen LogP contribution in [0.5, 0.6) is 0 Å². The summed E-state index contributed by atoms with van der Waals surface area (Å²) in [5.41, 5.74) is 2.07. The molecule has 2 aromatic carbocycles. The van der Waals surface area contributed by atoms with Gasteiger partial charge in [0.15, 0.2) is 5.78 Å². The molecule has 0 saturated carbocycles. The number of carbonyl (C=O) groups is 2. The average Bonchev–Trinajstić information content (AvgIpc) is 2.68. The van der Waals surface area contributed by atoms with Crippen LogP contribution >= 0.6 is 27.7 Å². The number of aldehydes is 1. The number of hydrogen-bond acceptors (Lipinski definition) is 4. The molecule has 1 aliphatic heterocycles. The van der Waals surface area contributed by atoms with Gasteiger partial charge >= 0.3 is 0 Å². The fourth-order valence-corrected chi connectivity index (χ4v) is 4.82. The second-order valence-electron chi connectivity index (χ2n) is 6.52. The SMILES string of the molecule is O=CCN1CCC(C(=O)c2ccc(Br)cc2SCc2ccccc2)CC1. The Bertz CT molecular complexity index is 758. The maximum absolute atomic E-state index is 13.1. The van der Waals surface area contributed by atoms with Gasteiger partial charge < -0.3 is 4.79 Å². The van der Waals surface area contributed by atoms with Gasteiger partial charge in [0.25, 0.3) is 0 Å². The van der Waals surface area contributed by atoms with E-state index < -0.39 is 0 Å². The number of halogens is 1. The van der Waals surface area contributed by atoms with E-state index in [0.29, 0.717) is 6.54 Å². The van der Waals surface area contributed by atoms with E-state index in [1.54, 1.807) is 11.8 Å². The van der Waals surface area contributed by atoms with Crippen LogP contribution < -0.4 is 0 Å². The quantitative estimate of drug-likeness (QED) is 0.357. The third kappa shape index (κ3) is 5.06. The van der Waals surface area contributed by atoms with E-state index in [0.717, 1.165) is 52.9 Å². The molecule has 0 radical (unpaired) electrons. The lowest BCUT2D eigenvalue weighted by atomic mass is 9.89. The van der Waals surface area contributed by atoms with Crippen LogP contribution in [-0.2, 0) is 10.5 Å². The fourth-order valence-electron chi connectivity index (χ4n) is 3.26. The summed E-state index contributed by atoms with van der Waals surface area (Å²) in [5, 5.41) is 0. The zero-order chi connectivity index (χ0) is 18.4. The molecule has 0 aromatic heterocycles. The van der Waals surface area contributed by atoms with Crippen molar-refractivity contribution < 1.29 is 9.59 Å². The maximum Gasteiger partial charge on any atom is 0.167 e. The predicted octanol–water partition coefficient (Wildman–Crippen LogP) is 4.84. The van der Waals surface area contributed by atoms with Gasteiger partial charge in [-0.2, -0.15) is 0 Å². The summed E-state index contributed by atoms with van der Waals surface area (Å²) in [7, 11) is 0. The molecule has 1 saturated heterocycles. The highest BCUT2D eigenvalue weighted by atomic mass is 79.9. The van der Waals surface area contributed by atoms with Crippen molar-refractivity contribution in [2.24, 2.45) is 5.92 Å². The van der Waals surface area contributed by atoms with Crippen LogP contribution in [0.2, 0.25) is 0 Å². The summed E-state index contributed by atoms with van der Waals surface area (Å²) >= 11 is 5.24. The maximum atomic E-state index is 13.1. The third-order valence-corrected chi connectivity index (χ3v) is 6.36. The van der Waals surface area contributed by atoms with Gasteiger partial charge in [-0.15, -0.1) is 11.8 Å². The number of Topliss-reactive ketones (excluding diaryl/α,β-unsaturated/α-hetero) is 1. The summed E-state index contributed by atoms with van der Waals surface area (Å²) in [6, 6.07) is 16.2. The molecule has 2 aromatic rings. The van der Waals surface area contributed by atoms with Crippen LogP contribution in [0.1, 0.15) is 28.8 Å². The zero-order valence-corrected chi connectivity index (χ0v) is 17.0. The summed E-state index contributed by atoms with van der Waals surface area (Å²) in [4.78, 5) is 26.9. The van der Waals surface area contributed by atoms with Crippen molar-refractivity contribution in [1.29, 1.82) is 0 Å². The number of carbonyl (C=O) groups excluding carboxylic acids is 2. The first-order valence-electron chi connectivity index (χ1n) is 8.84. The molecule has 0 N–H and O–H groups in total. The van der Waals surface area contributed by atoms with Gasteiger partial charge in [0, 0.05) is 26.6 Å². The van der Waals surface area contributed by atoms with Gasteiger partial charge in [0.05, 0.1) is 6.54 Å². The normalized spacial score (nSPS) is 15.7. The first kappa shape index (κ1) is 19.3. The highest BCUT2D eigenvalue weighted by Crippen LogP contribution is 2.32. The topological polar surface area (TPSA) is 37.4 Å². The van der Waals surface area contributed by atoms with Gasteiger partial charge in [0.1, 0.15) is 6.29 Å². The predicted molar refractivity (Wildman–Crippen MR) is 110 cm³/mol. The number of thioether (sulfide) groups is 1. The molecule has 1 fully saturated rings. The van der Waals surface area contributed by atoms with Gasteiger partial charge in [-0.3, -0.25) is 9.69 Å². The molecule has 1 aliphatic rings. The van der Waals surface area contributed by atoms with Gasteiger partial charge in [-0.1, -0.05) is 46.3 Å². The molecule has 0 aliphatic carbocycles. The van der Waals surface area contributed by atoms with Crippen molar-refractivity contribution in [3.05, 3.63) is 64.1 Å². The summed E-state index contributed by atoms with van der Waals surface area (Å²) < 4.78 is 0.991. The Balaban J connectivity index is 1.70. The molecule has 5 heteroatoms. The van der Waals surface area contributed by atoms with Crippen molar-refractivity contribution in [3.8, 4) is 0 Å². The van der Waals surface area contributed by atoms with E-state index in [2.05, 4.69) is 33.0 Å². The van der Waals surface area contributed by atoms with Crippen LogP contribution in [0, 0.1) is 5.92 Å². The first-order chi connectivity index (χ1) is 12.7. The van der Waals surface area contributed by atoms with Crippen molar-refractivity contribution in [1.82, 2.24) is 4.90 Å². The van der Waals surface area contributed by atoms with Gasteiger partial charge in [0.2, 0.25) is 0 Å². The molecule has 3 rings (SSSR count). The monoisotopic (exact) mass is 431 g/mol. The van der Waals surface area contributed by atoms with Crippen molar-refractivity contribution in [3.63, 3.8) is 0 Å². The van der Waals surface area contributed by atoms with Crippen LogP contribution in [0.25, 0.3) is 0 Å². The van der Waals surface area contributed by atoms with Crippen LogP contribution in [0.3, 0.4) is 0 Å². The summed E-state index contributed by atoms with van der Waals surface area (Å²) in [6.07, 6.45) is 2.59. The van der Waals surface area contributed by atoms with Crippen molar-refractivity contribution in [2.75, 3.05) is 19.6 Å². The minimum absolute atomic E-state index is 0.0511. The van der Waals surface area contributed by atoms with Gasteiger partial charge in [-0.05, 0) is 49.7 Å². The van der Waals surface area contributed by atoms with E-state index in [1.807, 2.05) is 36.4 Å². The molecule has 0 atom stereocenters. The Kier molecular flexibility index (Phi) is 7.06. The first-order valence-corrected chi connectivity index (χ1v) is 10.6. The van der Waals surface area contributed by atoms with Crippen molar-refractivity contribution >= 4 is 39.8 Å². The molecule has 26 heavy (non-hydrogen) atoms. The van der Waals surface area contributed by atoms with E-state index in [4.69, 9.17) is 0 Å². The van der Waals surface area contributed by atoms with E-state index >= 15 is 0 Å². The number of likely N-dealkylation sites (tertiary alicyclic amines) is 1. The minimum atomic E-state index is 0.0511. The smallest absolute Gasteiger partial charge is 0.167 e. The van der Waals surface area contributed by atoms with E-state index in [9.17, 15) is 9.59 Å². The van der Waals surface area contributed by atoms with Crippen molar-refractivity contribution in [2.45, 2.75) is 23.5 Å². The highest BCUT2D eigenvalue weighted by Gasteiger charge is 2.27. The van der Waals surface area contributed by atoms with Crippen LogP contribution in [-0.4, -0.2) is 36.6 Å². The Hall–Kier alpha value is -1.43. The fraction of sp³-hybridized carbons (Fsp3) is 0.333. The lowest BCUT2D eigenvalue weighted by Crippen LogP contribution is -2.37. The molecular weight excluding hydrogens is 410 g/mol. The Morgan fingerprint density at radius 3 is 2.58 bits per heavy atom. The molecular formula is C21H22BrNO2S. The number of nitrogens with zero attached hydrogens (tertiary/aromatic N) is 1. The molecule has 0 unspecified atom stereocenters. The highest BCUT2D eigenvalue weighted by molar-refractivity contribution is 9.10.